The number of pyridine rings is 1. The van der Waals surface area contributed by atoms with Gasteiger partial charge in [0.05, 0.1) is 0 Å². The van der Waals surface area contributed by atoms with Crippen LogP contribution < -0.4 is 5.32 Å². The van der Waals surface area contributed by atoms with Gasteiger partial charge in [0.15, 0.2) is 0 Å². The fourth-order valence-corrected chi connectivity index (χ4v) is 3.12. The molecule has 2 amide bonds. The average molecular weight is 420 g/mol. The second kappa shape index (κ2) is 9.45. The Labute approximate surface area is 178 Å². The van der Waals surface area contributed by atoms with Gasteiger partial charge in [0.1, 0.15) is 22.8 Å². The fraction of sp³-hybridized carbons (Fsp3) is 0.636. The number of amides is 2. The van der Waals surface area contributed by atoms with E-state index in [1.807, 2.05) is 20.8 Å². The first-order valence-corrected chi connectivity index (χ1v) is 10.3. The molecule has 8 heteroatoms. The van der Waals surface area contributed by atoms with E-state index in [2.05, 4.69) is 10.3 Å². The van der Waals surface area contributed by atoms with E-state index in [-0.39, 0.29) is 24.2 Å². The van der Waals surface area contributed by atoms with Crippen molar-refractivity contribution in [2.45, 2.75) is 72.0 Å². The number of aromatic nitrogens is 1. The van der Waals surface area contributed by atoms with E-state index < -0.39 is 17.3 Å². The zero-order valence-corrected chi connectivity index (χ0v) is 18.8. The summed E-state index contributed by atoms with van der Waals surface area (Å²) in [5, 5.41) is 2.59. The zero-order valence-electron chi connectivity index (χ0n) is 18.8. The highest BCUT2D eigenvalue weighted by atomic mass is 16.6. The third kappa shape index (κ3) is 8.00. The van der Waals surface area contributed by atoms with Gasteiger partial charge in [0.2, 0.25) is 0 Å². The van der Waals surface area contributed by atoms with Crippen LogP contribution in [0.15, 0.2) is 18.3 Å². The van der Waals surface area contributed by atoms with Gasteiger partial charge in [-0.3, -0.25) is 10.1 Å². The number of Topliss-reactive ketones (excluding diaryl/α,β-unsaturated/α-hetero) is 1. The molecule has 8 nitrogen and oxygen atoms in total. The third-order valence-corrected chi connectivity index (χ3v) is 4.43. The molecule has 0 spiro atoms. The number of nitrogens with one attached hydrogen (secondary N) is 1. The molecule has 166 valence electrons. The Bertz CT molecular complexity index is 772. The minimum absolute atomic E-state index is 0.0980. The topological polar surface area (TPSA) is 97.8 Å². The van der Waals surface area contributed by atoms with Crippen molar-refractivity contribution in [3.8, 4) is 0 Å². The van der Waals surface area contributed by atoms with Crippen molar-refractivity contribution in [2.75, 3.05) is 18.4 Å². The lowest BCUT2D eigenvalue weighted by Crippen LogP contribution is -2.43. The number of ketones is 1. The molecule has 1 aliphatic heterocycles. The lowest BCUT2D eigenvalue weighted by atomic mass is 9.89. The number of carbonyl (C=O) groups is 3. The van der Waals surface area contributed by atoms with Crippen molar-refractivity contribution in [1.82, 2.24) is 9.88 Å². The predicted molar refractivity (Wildman–Crippen MR) is 113 cm³/mol. The lowest BCUT2D eigenvalue weighted by Gasteiger charge is -2.33. The molecule has 1 fully saturated rings. The van der Waals surface area contributed by atoms with Crippen LogP contribution >= 0.6 is 0 Å². The second-order valence-corrected chi connectivity index (χ2v) is 9.56. The third-order valence-electron chi connectivity index (χ3n) is 4.43. The molecule has 1 saturated heterocycles. The second-order valence-electron chi connectivity index (χ2n) is 9.56. The molecule has 1 aromatic rings. The first-order chi connectivity index (χ1) is 13.8. The molecule has 0 atom stereocenters. The van der Waals surface area contributed by atoms with Crippen LogP contribution in [0.4, 0.5) is 15.4 Å². The van der Waals surface area contributed by atoms with Crippen LogP contribution in [-0.4, -0.2) is 52.1 Å². The SMILES string of the molecule is CC(C)(C)OC(=O)Nc1cc(CC(=O)C2CCN(C(=O)OC(C)(C)C)CC2)ccn1. The molecule has 0 radical (unpaired) electrons. The van der Waals surface area contributed by atoms with Gasteiger partial charge >= 0.3 is 12.2 Å². The fourth-order valence-electron chi connectivity index (χ4n) is 3.12. The number of anilines is 1. The summed E-state index contributed by atoms with van der Waals surface area (Å²) in [5.74, 6) is 0.363. The molecule has 0 unspecified atom stereocenters. The van der Waals surface area contributed by atoms with E-state index in [0.717, 1.165) is 5.56 Å². The van der Waals surface area contributed by atoms with E-state index in [0.29, 0.717) is 31.7 Å². The van der Waals surface area contributed by atoms with Crippen molar-refractivity contribution in [1.29, 1.82) is 0 Å². The van der Waals surface area contributed by atoms with E-state index >= 15 is 0 Å². The highest BCUT2D eigenvalue weighted by Gasteiger charge is 2.29. The van der Waals surface area contributed by atoms with Crippen molar-refractivity contribution in [2.24, 2.45) is 5.92 Å². The lowest BCUT2D eigenvalue weighted by molar-refractivity contribution is -0.123. The molecular weight excluding hydrogens is 386 g/mol. The molecule has 2 heterocycles. The van der Waals surface area contributed by atoms with Gasteiger partial charge in [-0.2, -0.15) is 0 Å². The van der Waals surface area contributed by atoms with Crippen molar-refractivity contribution in [3.63, 3.8) is 0 Å². The summed E-state index contributed by atoms with van der Waals surface area (Å²) in [7, 11) is 0. The van der Waals surface area contributed by atoms with Crippen LogP contribution in [0.2, 0.25) is 0 Å². The number of ether oxygens (including phenoxy) is 2. The van der Waals surface area contributed by atoms with E-state index in [9.17, 15) is 14.4 Å². The molecule has 0 bridgehead atoms. The summed E-state index contributed by atoms with van der Waals surface area (Å²) in [4.78, 5) is 42.5. The number of hydrogen-bond donors (Lipinski definition) is 1. The number of nitrogens with zero attached hydrogens (tertiary/aromatic N) is 2. The molecule has 0 aliphatic carbocycles. The van der Waals surface area contributed by atoms with E-state index in [4.69, 9.17) is 9.47 Å². The van der Waals surface area contributed by atoms with Crippen molar-refractivity contribution >= 4 is 23.8 Å². The molecule has 0 aromatic carbocycles. The van der Waals surface area contributed by atoms with Gasteiger partial charge in [-0.15, -0.1) is 0 Å². The average Bonchev–Trinajstić information content (AvgIpc) is 2.59. The zero-order chi connectivity index (χ0) is 22.5. The van der Waals surface area contributed by atoms with E-state index in [1.165, 1.54) is 0 Å². The summed E-state index contributed by atoms with van der Waals surface area (Å²) in [6.45, 7) is 11.9. The molecule has 1 aromatic heterocycles. The van der Waals surface area contributed by atoms with Crippen molar-refractivity contribution in [3.05, 3.63) is 23.9 Å². The first-order valence-electron chi connectivity index (χ1n) is 10.3. The van der Waals surface area contributed by atoms with Gasteiger partial charge in [-0.05, 0) is 72.1 Å². The van der Waals surface area contributed by atoms with Gasteiger partial charge in [0.25, 0.3) is 0 Å². The Hall–Kier alpha value is -2.64. The number of carbonyl (C=O) groups excluding carboxylic acids is 3. The monoisotopic (exact) mass is 419 g/mol. The Balaban J connectivity index is 1.87. The Morgan fingerprint density at radius 2 is 1.67 bits per heavy atom. The maximum absolute atomic E-state index is 12.7. The number of hydrogen-bond acceptors (Lipinski definition) is 6. The summed E-state index contributed by atoms with van der Waals surface area (Å²) in [6, 6.07) is 3.44. The Morgan fingerprint density at radius 3 is 2.23 bits per heavy atom. The minimum atomic E-state index is -0.605. The summed E-state index contributed by atoms with van der Waals surface area (Å²) < 4.78 is 10.6. The highest BCUT2D eigenvalue weighted by molar-refractivity contribution is 5.85. The maximum Gasteiger partial charge on any atom is 0.413 e. The van der Waals surface area contributed by atoms with Crippen LogP contribution in [0.1, 0.15) is 59.9 Å². The summed E-state index contributed by atoms with van der Waals surface area (Å²) >= 11 is 0. The van der Waals surface area contributed by atoms with Gasteiger partial charge in [0, 0.05) is 31.6 Å². The van der Waals surface area contributed by atoms with Crippen LogP contribution in [0.3, 0.4) is 0 Å². The quantitative estimate of drug-likeness (QED) is 0.786. The largest absolute Gasteiger partial charge is 0.444 e. The normalized spacial score (nSPS) is 15.5. The Morgan fingerprint density at radius 1 is 1.07 bits per heavy atom. The highest BCUT2D eigenvalue weighted by Crippen LogP contribution is 2.22. The van der Waals surface area contributed by atoms with Gasteiger partial charge in [-0.25, -0.2) is 14.6 Å². The summed E-state index contributed by atoms with van der Waals surface area (Å²) in [6.07, 6.45) is 2.12. The number of likely N-dealkylation sites (tertiary alicyclic amines) is 1. The smallest absolute Gasteiger partial charge is 0.413 e. The number of rotatable bonds is 4. The van der Waals surface area contributed by atoms with Gasteiger partial charge in [-0.1, -0.05) is 0 Å². The molecule has 2 rings (SSSR count). The van der Waals surface area contributed by atoms with Crippen molar-refractivity contribution < 1.29 is 23.9 Å². The van der Waals surface area contributed by atoms with Gasteiger partial charge < -0.3 is 14.4 Å². The molecule has 1 aliphatic rings. The minimum Gasteiger partial charge on any atom is -0.444 e. The standard InChI is InChI=1S/C22H33N3O5/c1-21(2,3)29-19(27)24-18-14-15(7-10-23-18)13-17(26)16-8-11-25(12-9-16)20(28)30-22(4,5)6/h7,10,14,16H,8-9,11-13H2,1-6H3,(H,23,24,27). The maximum atomic E-state index is 12.7. The van der Waals surface area contributed by atoms with E-state index in [1.54, 1.807) is 44.0 Å². The Kier molecular flexibility index (Phi) is 7.44. The van der Waals surface area contributed by atoms with Crippen LogP contribution in [0.5, 0.6) is 0 Å². The molecule has 0 saturated carbocycles. The summed E-state index contributed by atoms with van der Waals surface area (Å²) in [5.41, 5.74) is -0.363. The molecular formula is C22H33N3O5. The van der Waals surface area contributed by atoms with Crippen LogP contribution in [-0.2, 0) is 20.7 Å². The first kappa shape index (κ1) is 23.6. The molecule has 1 N–H and O–H groups in total. The molecule has 30 heavy (non-hydrogen) atoms. The predicted octanol–water partition coefficient (Wildman–Crippen LogP) is 4.19. The van der Waals surface area contributed by atoms with Crippen LogP contribution in [0, 0.1) is 5.92 Å². The number of piperidine rings is 1. The van der Waals surface area contributed by atoms with Crippen LogP contribution in [0.25, 0.3) is 0 Å².